The maximum atomic E-state index is 13.5. The highest BCUT2D eigenvalue weighted by Crippen LogP contribution is 2.26. The number of phenols is 1. The number of benzene rings is 2. The van der Waals surface area contributed by atoms with Gasteiger partial charge in [-0.05, 0) is 49.4 Å². The van der Waals surface area contributed by atoms with Crippen LogP contribution in [0.15, 0.2) is 42.5 Å². The van der Waals surface area contributed by atoms with Crippen LogP contribution in [0.4, 0.5) is 10.1 Å². The Balaban J connectivity index is 2.05. The van der Waals surface area contributed by atoms with E-state index in [0.29, 0.717) is 16.6 Å². The highest BCUT2D eigenvalue weighted by Gasteiger charge is 2.16. The topological polar surface area (TPSA) is 99.5 Å². The summed E-state index contributed by atoms with van der Waals surface area (Å²) in [6.07, 6.45) is 0. The van der Waals surface area contributed by atoms with Crippen LogP contribution in [0, 0.1) is 12.7 Å². The molecule has 3 rings (SSSR count). The number of carboxylic acid groups (broad SMARTS) is 1. The van der Waals surface area contributed by atoms with E-state index >= 15 is 0 Å². The molecule has 3 N–H and O–H groups in total. The number of aromatic nitrogens is 1. The summed E-state index contributed by atoms with van der Waals surface area (Å²) in [6.45, 7) is 1.70. The Labute approximate surface area is 141 Å². The molecule has 0 atom stereocenters. The SMILES string of the molecule is Cc1cc(C(=O)Nc2cc(C(=O)O)ccc2O)c2cc(F)ccc2n1. The van der Waals surface area contributed by atoms with E-state index in [4.69, 9.17) is 5.11 Å². The van der Waals surface area contributed by atoms with Crippen molar-refractivity contribution in [1.82, 2.24) is 4.98 Å². The minimum atomic E-state index is -1.19. The molecule has 0 bridgehead atoms. The predicted molar refractivity (Wildman–Crippen MR) is 89.5 cm³/mol. The van der Waals surface area contributed by atoms with Gasteiger partial charge in [0, 0.05) is 11.1 Å². The Kier molecular flexibility index (Phi) is 4.06. The fourth-order valence-corrected chi connectivity index (χ4v) is 2.48. The summed E-state index contributed by atoms with van der Waals surface area (Å²) in [5, 5.41) is 21.6. The maximum absolute atomic E-state index is 13.5. The number of hydrogen-bond acceptors (Lipinski definition) is 4. The molecule has 0 radical (unpaired) electrons. The second-order valence-corrected chi connectivity index (χ2v) is 5.46. The number of carbonyl (C=O) groups excluding carboxylic acids is 1. The van der Waals surface area contributed by atoms with Gasteiger partial charge in [0.15, 0.2) is 0 Å². The van der Waals surface area contributed by atoms with Crippen molar-refractivity contribution in [2.24, 2.45) is 0 Å². The van der Waals surface area contributed by atoms with Gasteiger partial charge in [0.1, 0.15) is 11.6 Å². The molecule has 7 heteroatoms. The van der Waals surface area contributed by atoms with Crippen LogP contribution < -0.4 is 5.32 Å². The number of fused-ring (bicyclic) bond motifs is 1. The highest BCUT2D eigenvalue weighted by atomic mass is 19.1. The van der Waals surface area contributed by atoms with E-state index in [2.05, 4.69) is 10.3 Å². The van der Waals surface area contributed by atoms with E-state index in [-0.39, 0.29) is 22.6 Å². The normalized spacial score (nSPS) is 10.6. The molecule has 0 fully saturated rings. The number of phenolic OH excluding ortho intramolecular Hbond substituents is 1. The van der Waals surface area contributed by atoms with Gasteiger partial charge in [0.25, 0.3) is 5.91 Å². The first kappa shape index (κ1) is 16.4. The van der Waals surface area contributed by atoms with Gasteiger partial charge in [-0.2, -0.15) is 0 Å². The third kappa shape index (κ3) is 3.25. The molecule has 3 aromatic rings. The number of aryl methyl sites for hydroxylation is 1. The van der Waals surface area contributed by atoms with Crippen LogP contribution in [0.2, 0.25) is 0 Å². The lowest BCUT2D eigenvalue weighted by Gasteiger charge is -2.11. The number of pyridine rings is 1. The molecule has 0 aliphatic carbocycles. The van der Waals surface area contributed by atoms with E-state index in [1.807, 2.05) is 0 Å². The highest BCUT2D eigenvalue weighted by molar-refractivity contribution is 6.13. The lowest BCUT2D eigenvalue weighted by Crippen LogP contribution is -2.14. The molecule has 0 saturated heterocycles. The van der Waals surface area contributed by atoms with E-state index < -0.39 is 17.7 Å². The van der Waals surface area contributed by atoms with Crippen LogP contribution in [-0.4, -0.2) is 27.1 Å². The first-order valence-electron chi connectivity index (χ1n) is 7.30. The Morgan fingerprint density at radius 2 is 1.88 bits per heavy atom. The average molecular weight is 340 g/mol. The fraction of sp³-hybridized carbons (Fsp3) is 0.0556. The monoisotopic (exact) mass is 340 g/mol. The Morgan fingerprint density at radius 3 is 2.60 bits per heavy atom. The molecule has 25 heavy (non-hydrogen) atoms. The van der Waals surface area contributed by atoms with Gasteiger partial charge in [0.2, 0.25) is 0 Å². The van der Waals surface area contributed by atoms with Gasteiger partial charge < -0.3 is 15.5 Å². The van der Waals surface area contributed by atoms with Gasteiger partial charge in [0.05, 0.1) is 22.3 Å². The van der Waals surface area contributed by atoms with Crippen LogP contribution in [0.5, 0.6) is 5.75 Å². The van der Waals surface area contributed by atoms with Crippen molar-refractivity contribution in [2.45, 2.75) is 6.92 Å². The van der Waals surface area contributed by atoms with E-state index in [1.54, 1.807) is 6.92 Å². The van der Waals surface area contributed by atoms with E-state index in [1.165, 1.54) is 36.4 Å². The molecular formula is C18H13FN2O4. The van der Waals surface area contributed by atoms with Crippen molar-refractivity contribution in [3.8, 4) is 5.75 Å². The van der Waals surface area contributed by atoms with Gasteiger partial charge in [-0.25, -0.2) is 9.18 Å². The molecule has 0 aliphatic heterocycles. The smallest absolute Gasteiger partial charge is 0.335 e. The number of halogens is 1. The van der Waals surface area contributed by atoms with Crippen LogP contribution in [0.25, 0.3) is 10.9 Å². The first-order valence-corrected chi connectivity index (χ1v) is 7.30. The van der Waals surface area contributed by atoms with Crippen molar-refractivity contribution in [3.05, 3.63) is 65.1 Å². The molecule has 0 saturated carbocycles. The summed E-state index contributed by atoms with van der Waals surface area (Å²) in [6, 6.07) is 8.95. The number of aromatic carboxylic acids is 1. The number of nitrogens with zero attached hydrogens (tertiary/aromatic N) is 1. The van der Waals surface area contributed by atoms with Crippen LogP contribution in [0.1, 0.15) is 26.4 Å². The van der Waals surface area contributed by atoms with Crippen molar-refractivity contribution >= 4 is 28.5 Å². The van der Waals surface area contributed by atoms with E-state index in [9.17, 15) is 19.1 Å². The van der Waals surface area contributed by atoms with Gasteiger partial charge in [-0.1, -0.05) is 0 Å². The zero-order valence-electron chi connectivity index (χ0n) is 13.1. The summed E-state index contributed by atoms with van der Waals surface area (Å²) in [4.78, 5) is 27.9. The second kappa shape index (κ2) is 6.20. The van der Waals surface area contributed by atoms with Crippen molar-refractivity contribution in [1.29, 1.82) is 0 Å². The lowest BCUT2D eigenvalue weighted by atomic mass is 10.1. The lowest BCUT2D eigenvalue weighted by molar-refractivity contribution is 0.0696. The zero-order valence-corrected chi connectivity index (χ0v) is 13.1. The Morgan fingerprint density at radius 1 is 1.12 bits per heavy atom. The molecule has 1 heterocycles. The zero-order chi connectivity index (χ0) is 18.1. The molecule has 126 valence electrons. The molecule has 0 spiro atoms. The summed E-state index contributed by atoms with van der Waals surface area (Å²) < 4.78 is 13.5. The van der Waals surface area contributed by atoms with Crippen molar-refractivity contribution in [2.75, 3.05) is 5.32 Å². The predicted octanol–water partition coefficient (Wildman–Crippen LogP) is 3.34. The second-order valence-electron chi connectivity index (χ2n) is 5.46. The number of rotatable bonds is 3. The largest absolute Gasteiger partial charge is 0.506 e. The number of amides is 1. The Bertz CT molecular complexity index is 1020. The van der Waals surface area contributed by atoms with E-state index in [0.717, 1.165) is 6.07 Å². The summed E-state index contributed by atoms with van der Waals surface area (Å²) in [5.74, 6) is -2.59. The van der Waals surface area contributed by atoms with Gasteiger partial charge in [-0.3, -0.25) is 9.78 Å². The number of anilines is 1. The number of hydrogen-bond donors (Lipinski definition) is 3. The fourth-order valence-electron chi connectivity index (χ4n) is 2.48. The quantitative estimate of drug-likeness (QED) is 0.635. The standard InChI is InChI=1S/C18H13FN2O4/c1-9-6-13(12-8-11(19)3-4-14(12)20-9)17(23)21-15-7-10(18(24)25)2-5-16(15)22/h2-8,22H,1H3,(H,21,23)(H,24,25). The van der Waals surface area contributed by atoms with Crippen molar-refractivity contribution < 1.29 is 24.2 Å². The minimum absolute atomic E-state index is 0.0519. The number of carbonyl (C=O) groups is 2. The van der Waals surface area contributed by atoms with Gasteiger partial charge >= 0.3 is 5.97 Å². The number of nitrogens with one attached hydrogen (secondary N) is 1. The minimum Gasteiger partial charge on any atom is -0.506 e. The molecule has 1 aromatic heterocycles. The molecule has 2 aromatic carbocycles. The number of aromatic hydroxyl groups is 1. The van der Waals surface area contributed by atoms with Crippen LogP contribution in [-0.2, 0) is 0 Å². The Hall–Kier alpha value is -3.48. The molecule has 1 amide bonds. The average Bonchev–Trinajstić information content (AvgIpc) is 2.56. The van der Waals surface area contributed by atoms with Gasteiger partial charge in [-0.15, -0.1) is 0 Å². The molecular weight excluding hydrogens is 327 g/mol. The van der Waals surface area contributed by atoms with Crippen LogP contribution in [0.3, 0.4) is 0 Å². The first-order chi connectivity index (χ1) is 11.8. The summed E-state index contributed by atoms with van der Waals surface area (Å²) in [5.41, 5.74) is 1.05. The summed E-state index contributed by atoms with van der Waals surface area (Å²) >= 11 is 0. The molecule has 6 nitrogen and oxygen atoms in total. The van der Waals surface area contributed by atoms with Crippen LogP contribution >= 0.6 is 0 Å². The molecule has 0 aliphatic rings. The summed E-state index contributed by atoms with van der Waals surface area (Å²) in [7, 11) is 0. The van der Waals surface area contributed by atoms with Crippen molar-refractivity contribution in [3.63, 3.8) is 0 Å². The molecule has 0 unspecified atom stereocenters. The third-order valence-electron chi connectivity index (χ3n) is 3.64. The maximum Gasteiger partial charge on any atom is 0.335 e. The third-order valence-corrected chi connectivity index (χ3v) is 3.64. The number of carboxylic acids is 1.